The van der Waals surface area contributed by atoms with E-state index in [0.717, 1.165) is 5.56 Å². The van der Waals surface area contributed by atoms with Gasteiger partial charge in [-0.3, -0.25) is 9.78 Å². The number of methoxy groups -OCH3 is 2. The number of benzene rings is 2. The number of ether oxygens (including phenoxy) is 2. The van der Waals surface area contributed by atoms with Crippen LogP contribution < -0.4 is 14.8 Å². The molecular formula is C24H23N5O3. The van der Waals surface area contributed by atoms with E-state index in [4.69, 9.17) is 9.47 Å². The van der Waals surface area contributed by atoms with Crippen molar-refractivity contribution in [3.05, 3.63) is 83.7 Å². The Kier molecular flexibility index (Phi) is 6.12. The molecule has 2 aromatic carbocycles. The molecule has 0 aliphatic carbocycles. The summed E-state index contributed by atoms with van der Waals surface area (Å²) in [6, 6.07) is 16.8. The Morgan fingerprint density at radius 1 is 1.03 bits per heavy atom. The predicted octanol–water partition coefficient (Wildman–Crippen LogP) is 3.97. The summed E-state index contributed by atoms with van der Waals surface area (Å²) in [5.74, 6) is 1.39. The molecule has 0 aliphatic heterocycles. The molecule has 8 heteroatoms. The van der Waals surface area contributed by atoms with Gasteiger partial charge in [-0.25, -0.2) is 0 Å². The summed E-state index contributed by atoms with van der Waals surface area (Å²) in [6.07, 6.45) is 3.33. The van der Waals surface area contributed by atoms with Gasteiger partial charge in [0.05, 0.1) is 14.2 Å². The second-order valence-corrected chi connectivity index (χ2v) is 7.13. The van der Waals surface area contributed by atoms with Gasteiger partial charge < -0.3 is 14.8 Å². The van der Waals surface area contributed by atoms with E-state index in [1.165, 1.54) is 17.4 Å². The number of hydrogen-bond acceptors (Lipinski definition) is 7. The van der Waals surface area contributed by atoms with E-state index >= 15 is 0 Å². The number of hydrogen-bond donors (Lipinski definition) is 1. The standard InChI is InChI=1S/C24H23N5O3/c1-16-6-8-17(9-7-16)14-26-24-27-22(19-5-4-12-25-15-19)28-29(24)23(30)18-10-11-20(31-2)21(13-18)32-3/h4-13,15H,14H2,1-3H3,(H,26,27,28). The van der Waals surface area contributed by atoms with Crippen LogP contribution in [-0.4, -0.2) is 39.9 Å². The van der Waals surface area contributed by atoms with Crippen molar-refractivity contribution in [3.63, 3.8) is 0 Å². The summed E-state index contributed by atoms with van der Waals surface area (Å²) in [4.78, 5) is 22.0. The quantitative estimate of drug-likeness (QED) is 0.475. The topological polar surface area (TPSA) is 91.2 Å². The molecule has 2 heterocycles. The minimum atomic E-state index is -0.347. The van der Waals surface area contributed by atoms with E-state index in [-0.39, 0.29) is 5.91 Å². The number of nitrogens with zero attached hydrogens (tertiary/aromatic N) is 4. The van der Waals surface area contributed by atoms with Crippen LogP contribution in [0.2, 0.25) is 0 Å². The lowest BCUT2D eigenvalue weighted by molar-refractivity contribution is 0.0947. The summed E-state index contributed by atoms with van der Waals surface area (Å²) in [5.41, 5.74) is 3.35. The number of carbonyl (C=O) groups is 1. The van der Waals surface area contributed by atoms with Crippen molar-refractivity contribution in [1.82, 2.24) is 19.7 Å². The fourth-order valence-corrected chi connectivity index (χ4v) is 3.16. The summed E-state index contributed by atoms with van der Waals surface area (Å²) >= 11 is 0. The summed E-state index contributed by atoms with van der Waals surface area (Å²) in [5, 5.41) is 7.70. The highest BCUT2D eigenvalue weighted by Crippen LogP contribution is 2.28. The maximum atomic E-state index is 13.3. The molecule has 0 unspecified atom stereocenters. The molecule has 8 nitrogen and oxygen atoms in total. The van der Waals surface area contributed by atoms with Crippen LogP contribution in [0, 0.1) is 6.92 Å². The van der Waals surface area contributed by atoms with Gasteiger partial charge in [0.15, 0.2) is 17.3 Å². The monoisotopic (exact) mass is 429 g/mol. The summed E-state index contributed by atoms with van der Waals surface area (Å²) in [7, 11) is 3.07. The molecule has 0 aliphatic rings. The smallest absolute Gasteiger partial charge is 0.281 e. The highest BCUT2D eigenvalue weighted by molar-refractivity contribution is 5.97. The molecule has 0 radical (unpaired) electrons. The van der Waals surface area contributed by atoms with Gasteiger partial charge in [0, 0.05) is 30.1 Å². The Morgan fingerprint density at radius 3 is 2.50 bits per heavy atom. The molecule has 0 fully saturated rings. The third-order valence-corrected chi connectivity index (χ3v) is 4.92. The maximum Gasteiger partial charge on any atom is 0.281 e. The van der Waals surface area contributed by atoms with E-state index in [1.54, 1.807) is 43.8 Å². The van der Waals surface area contributed by atoms with Gasteiger partial charge in [0.1, 0.15) is 0 Å². The molecule has 0 spiro atoms. The van der Waals surface area contributed by atoms with Gasteiger partial charge in [-0.05, 0) is 42.8 Å². The first kappa shape index (κ1) is 21.0. The molecule has 0 bridgehead atoms. The van der Waals surface area contributed by atoms with Gasteiger partial charge in [-0.2, -0.15) is 9.67 Å². The van der Waals surface area contributed by atoms with Gasteiger partial charge >= 0.3 is 0 Å². The Labute approximate surface area is 185 Å². The van der Waals surface area contributed by atoms with E-state index in [0.29, 0.717) is 40.9 Å². The molecule has 0 saturated carbocycles. The third-order valence-electron chi connectivity index (χ3n) is 4.92. The minimum Gasteiger partial charge on any atom is -0.493 e. The molecular weight excluding hydrogens is 406 g/mol. The van der Waals surface area contributed by atoms with Crippen molar-refractivity contribution in [3.8, 4) is 22.9 Å². The molecule has 0 amide bonds. The molecule has 4 aromatic rings. The Morgan fingerprint density at radius 2 is 1.81 bits per heavy atom. The molecule has 32 heavy (non-hydrogen) atoms. The lowest BCUT2D eigenvalue weighted by Gasteiger charge is -2.10. The molecule has 4 rings (SSSR count). The Balaban J connectivity index is 1.69. The fourth-order valence-electron chi connectivity index (χ4n) is 3.16. The Bertz CT molecular complexity index is 1220. The van der Waals surface area contributed by atoms with Crippen molar-refractivity contribution < 1.29 is 14.3 Å². The highest BCUT2D eigenvalue weighted by atomic mass is 16.5. The first-order chi connectivity index (χ1) is 15.6. The van der Waals surface area contributed by atoms with Crippen LogP contribution in [0.25, 0.3) is 11.4 Å². The number of carbonyl (C=O) groups excluding carboxylic acids is 1. The number of rotatable bonds is 7. The van der Waals surface area contributed by atoms with Crippen LogP contribution in [0.15, 0.2) is 67.0 Å². The van der Waals surface area contributed by atoms with E-state index in [2.05, 4.69) is 20.4 Å². The van der Waals surface area contributed by atoms with Crippen LogP contribution >= 0.6 is 0 Å². The number of aryl methyl sites for hydroxylation is 1. The third kappa shape index (κ3) is 4.44. The number of nitrogens with one attached hydrogen (secondary N) is 1. The zero-order valence-corrected chi connectivity index (χ0v) is 18.1. The average molecular weight is 429 g/mol. The predicted molar refractivity (Wildman–Crippen MR) is 121 cm³/mol. The second kappa shape index (κ2) is 9.30. The number of aromatic nitrogens is 4. The van der Waals surface area contributed by atoms with Crippen LogP contribution in [0.1, 0.15) is 21.5 Å². The first-order valence-corrected chi connectivity index (χ1v) is 10.0. The van der Waals surface area contributed by atoms with Gasteiger partial charge in [-0.15, -0.1) is 5.10 Å². The zero-order chi connectivity index (χ0) is 22.5. The van der Waals surface area contributed by atoms with Crippen LogP contribution in [0.3, 0.4) is 0 Å². The van der Waals surface area contributed by atoms with Crippen molar-refractivity contribution in [2.45, 2.75) is 13.5 Å². The van der Waals surface area contributed by atoms with E-state index in [9.17, 15) is 4.79 Å². The number of pyridine rings is 1. The average Bonchev–Trinajstić information content (AvgIpc) is 3.27. The summed E-state index contributed by atoms with van der Waals surface area (Å²) < 4.78 is 11.9. The van der Waals surface area contributed by atoms with Crippen molar-refractivity contribution >= 4 is 11.9 Å². The maximum absolute atomic E-state index is 13.3. The van der Waals surface area contributed by atoms with Crippen molar-refractivity contribution in [2.24, 2.45) is 0 Å². The van der Waals surface area contributed by atoms with Crippen LogP contribution in [0.5, 0.6) is 11.5 Å². The SMILES string of the molecule is COc1ccc(C(=O)n2nc(-c3cccnc3)nc2NCc2ccc(C)cc2)cc1OC. The number of anilines is 1. The normalized spacial score (nSPS) is 10.6. The molecule has 0 atom stereocenters. The first-order valence-electron chi connectivity index (χ1n) is 10.0. The van der Waals surface area contributed by atoms with Crippen molar-refractivity contribution in [2.75, 3.05) is 19.5 Å². The highest BCUT2D eigenvalue weighted by Gasteiger charge is 2.20. The fraction of sp³-hybridized carbons (Fsp3) is 0.167. The molecule has 0 saturated heterocycles. The van der Waals surface area contributed by atoms with Gasteiger partial charge in [0.2, 0.25) is 5.95 Å². The molecule has 1 N–H and O–H groups in total. The lowest BCUT2D eigenvalue weighted by atomic mass is 10.1. The minimum absolute atomic E-state index is 0.337. The van der Waals surface area contributed by atoms with Gasteiger partial charge in [0.25, 0.3) is 5.91 Å². The van der Waals surface area contributed by atoms with E-state index < -0.39 is 0 Å². The van der Waals surface area contributed by atoms with Crippen LogP contribution in [-0.2, 0) is 6.54 Å². The molecule has 2 aromatic heterocycles. The zero-order valence-electron chi connectivity index (χ0n) is 18.1. The lowest BCUT2D eigenvalue weighted by Crippen LogP contribution is -2.17. The van der Waals surface area contributed by atoms with E-state index in [1.807, 2.05) is 37.3 Å². The summed E-state index contributed by atoms with van der Waals surface area (Å²) in [6.45, 7) is 2.53. The largest absolute Gasteiger partial charge is 0.493 e. The van der Waals surface area contributed by atoms with Gasteiger partial charge in [-0.1, -0.05) is 29.8 Å². The van der Waals surface area contributed by atoms with Crippen molar-refractivity contribution in [1.29, 1.82) is 0 Å². The second-order valence-electron chi connectivity index (χ2n) is 7.13. The molecule has 162 valence electrons. The Hall–Kier alpha value is -4.20. The van der Waals surface area contributed by atoms with Crippen LogP contribution in [0.4, 0.5) is 5.95 Å².